The Balaban J connectivity index is 0. The molecular formula is C5H12AlF3O. The lowest BCUT2D eigenvalue weighted by atomic mass is 10.2. The summed E-state index contributed by atoms with van der Waals surface area (Å²) in [4.78, 5) is 0. The van der Waals surface area contributed by atoms with Gasteiger partial charge < -0.3 is 5.11 Å². The van der Waals surface area contributed by atoms with E-state index in [1.54, 1.807) is 0 Å². The summed E-state index contributed by atoms with van der Waals surface area (Å²) in [6.45, 7) is -0.157. The van der Waals surface area contributed by atoms with Crippen molar-refractivity contribution in [3.05, 3.63) is 0 Å². The van der Waals surface area contributed by atoms with E-state index in [1.165, 1.54) is 0 Å². The van der Waals surface area contributed by atoms with Crippen LogP contribution in [0.2, 0.25) is 0 Å². The van der Waals surface area contributed by atoms with Crippen molar-refractivity contribution in [1.82, 2.24) is 0 Å². The Bertz CT molecular complexity index is 73.8. The molecule has 0 radical (unpaired) electrons. The Kier molecular flexibility index (Phi) is 7.78. The molecule has 0 aromatic heterocycles. The van der Waals surface area contributed by atoms with Crippen LogP contribution in [-0.4, -0.2) is 35.3 Å². The maximum atomic E-state index is 11.3. The lowest BCUT2D eigenvalue weighted by Crippen LogP contribution is -2.06. The van der Waals surface area contributed by atoms with Crippen molar-refractivity contribution in [3.8, 4) is 0 Å². The molecule has 1 N–H and O–H groups in total. The first-order valence-electron chi connectivity index (χ1n) is 2.74. The van der Waals surface area contributed by atoms with E-state index in [1.807, 2.05) is 0 Å². The molecule has 0 rings (SSSR count). The molecule has 0 spiro atoms. The van der Waals surface area contributed by atoms with Crippen molar-refractivity contribution >= 4 is 17.4 Å². The lowest BCUT2D eigenvalue weighted by Gasteiger charge is -2.03. The monoisotopic (exact) mass is 172 g/mol. The predicted octanol–water partition coefficient (Wildman–Crippen LogP) is 0.527. The van der Waals surface area contributed by atoms with Crippen molar-refractivity contribution in [2.75, 3.05) is 6.61 Å². The maximum absolute atomic E-state index is 11.3. The largest absolute Gasteiger partial charge is 0.396 e. The van der Waals surface area contributed by atoms with Crippen molar-refractivity contribution in [3.63, 3.8) is 0 Å². The van der Waals surface area contributed by atoms with Crippen molar-refractivity contribution in [2.45, 2.75) is 25.4 Å². The zero-order valence-electron chi connectivity index (χ0n) is 4.91. The molecule has 1 nitrogen and oxygen atoms in total. The Morgan fingerprint density at radius 3 is 1.90 bits per heavy atom. The van der Waals surface area contributed by atoms with Gasteiger partial charge in [0, 0.05) is 13.0 Å². The van der Waals surface area contributed by atoms with Gasteiger partial charge >= 0.3 is 6.18 Å². The third-order valence-electron chi connectivity index (χ3n) is 0.868. The molecule has 0 saturated carbocycles. The molecule has 0 atom stereocenters. The van der Waals surface area contributed by atoms with Crippen LogP contribution in [0.25, 0.3) is 0 Å². The molecule has 0 heterocycles. The van der Waals surface area contributed by atoms with Crippen LogP contribution >= 0.6 is 0 Å². The summed E-state index contributed by atoms with van der Waals surface area (Å²) in [6.07, 6.45) is -4.58. The van der Waals surface area contributed by atoms with Gasteiger partial charge in [-0.15, -0.1) is 0 Å². The molecule has 0 aliphatic carbocycles. The topological polar surface area (TPSA) is 20.2 Å². The van der Waals surface area contributed by atoms with E-state index in [2.05, 4.69) is 0 Å². The second-order valence-corrected chi connectivity index (χ2v) is 1.80. The first-order valence-corrected chi connectivity index (χ1v) is 2.74. The van der Waals surface area contributed by atoms with Gasteiger partial charge in [-0.05, 0) is 12.8 Å². The molecule has 62 valence electrons. The summed E-state index contributed by atoms with van der Waals surface area (Å²) in [5.41, 5.74) is 0. The summed E-state index contributed by atoms with van der Waals surface area (Å²) in [6, 6.07) is 0. The third kappa shape index (κ3) is 11.1. The highest BCUT2D eigenvalue weighted by molar-refractivity contribution is 5.75. The molecule has 0 saturated heterocycles. The molecule has 0 aliphatic rings. The van der Waals surface area contributed by atoms with Crippen LogP contribution in [0.1, 0.15) is 19.3 Å². The van der Waals surface area contributed by atoms with Gasteiger partial charge in [0.25, 0.3) is 0 Å². The van der Waals surface area contributed by atoms with Crippen LogP contribution in [0.5, 0.6) is 0 Å². The van der Waals surface area contributed by atoms with E-state index in [0.29, 0.717) is 0 Å². The summed E-state index contributed by atoms with van der Waals surface area (Å²) in [5.74, 6) is 0. The quantitative estimate of drug-likeness (QED) is 0.486. The van der Waals surface area contributed by atoms with Crippen molar-refractivity contribution in [2.24, 2.45) is 0 Å². The fourth-order valence-electron chi connectivity index (χ4n) is 0.437. The van der Waals surface area contributed by atoms with Crippen molar-refractivity contribution < 1.29 is 18.3 Å². The minimum Gasteiger partial charge on any atom is -0.396 e. The Morgan fingerprint density at radius 2 is 1.60 bits per heavy atom. The second kappa shape index (κ2) is 6.02. The summed E-state index contributed by atoms with van der Waals surface area (Å²) in [5, 5.41) is 8.10. The van der Waals surface area contributed by atoms with E-state index in [4.69, 9.17) is 5.11 Å². The summed E-state index contributed by atoms with van der Waals surface area (Å²) >= 11 is 0. The molecule has 0 aliphatic heterocycles. The second-order valence-electron chi connectivity index (χ2n) is 1.80. The van der Waals surface area contributed by atoms with Crippen LogP contribution in [0, 0.1) is 0 Å². The number of hydrogen-bond donors (Lipinski definition) is 1. The molecule has 0 aromatic carbocycles. The lowest BCUT2D eigenvalue weighted by molar-refractivity contribution is -0.135. The van der Waals surface area contributed by atoms with Crippen molar-refractivity contribution in [1.29, 1.82) is 0 Å². The average molecular weight is 172 g/mol. The fourth-order valence-corrected chi connectivity index (χ4v) is 0.437. The summed E-state index contributed by atoms with van der Waals surface area (Å²) in [7, 11) is 0. The molecule has 0 amide bonds. The molecule has 0 aromatic rings. The number of rotatable bonds is 3. The summed E-state index contributed by atoms with van der Waals surface area (Å²) < 4.78 is 33.9. The Hall–Kier alpha value is 0.282. The zero-order valence-corrected chi connectivity index (χ0v) is 4.91. The van der Waals surface area contributed by atoms with Gasteiger partial charge in [-0.3, -0.25) is 0 Å². The van der Waals surface area contributed by atoms with Gasteiger partial charge in [-0.2, -0.15) is 13.2 Å². The highest BCUT2D eigenvalue weighted by Crippen LogP contribution is 2.21. The van der Waals surface area contributed by atoms with Gasteiger partial charge in [-0.25, -0.2) is 0 Å². The van der Waals surface area contributed by atoms with Crippen LogP contribution in [0.3, 0.4) is 0 Å². The number of unbranched alkanes of at least 4 members (excludes halogenated alkanes) is 1. The smallest absolute Gasteiger partial charge is 0.389 e. The number of hydrogen-bond acceptors (Lipinski definition) is 1. The maximum Gasteiger partial charge on any atom is 0.389 e. The van der Waals surface area contributed by atoms with Gasteiger partial charge in [0.1, 0.15) is 0 Å². The van der Waals surface area contributed by atoms with Crippen LogP contribution in [0.4, 0.5) is 13.2 Å². The highest BCUT2D eigenvalue weighted by atomic mass is 27.0. The molecule has 0 fully saturated rings. The van der Waals surface area contributed by atoms with E-state index in [-0.39, 0.29) is 36.8 Å². The highest BCUT2D eigenvalue weighted by Gasteiger charge is 2.25. The SMILES string of the molecule is OCCCCC(F)(F)F.[AlH3]. The van der Waals surface area contributed by atoms with Gasteiger partial charge in [0.2, 0.25) is 0 Å². The normalized spacial score (nSPS) is 10.8. The number of alkyl halides is 3. The average Bonchev–Trinajstić information content (AvgIpc) is 1.63. The number of aliphatic hydroxyl groups excluding tert-OH is 1. The minimum absolute atomic E-state index is 0. The first kappa shape index (κ1) is 12.9. The fraction of sp³-hybridized carbons (Fsp3) is 1.00. The van der Waals surface area contributed by atoms with Gasteiger partial charge in [0.05, 0.1) is 0 Å². The first-order chi connectivity index (χ1) is 4.06. The van der Waals surface area contributed by atoms with Crippen LogP contribution in [0.15, 0.2) is 0 Å². The minimum atomic E-state index is -4.06. The Morgan fingerprint density at radius 1 is 1.10 bits per heavy atom. The molecule has 0 bridgehead atoms. The van der Waals surface area contributed by atoms with Crippen LogP contribution in [-0.2, 0) is 0 Å². The number of aliphatic hydroxyl groups is 1. The zero-order chi connectivity index (χ0) is 7.33. The Labute approximate surface area is 68.4 Å². The van der Waals surface area contributed by atoms with E-state index >= 15 is 0 Å². The van der Waals surface area contributed by atoms with E-state index < -0.39 is 12.6 Å². The number of halogens is 3. The third-order valence-corrected chi connectivity index (χ3v) is 0.868. The van der Waals surface area contributed by atoms with E-state index in [0.717, 1.165) is 0 Å². The molecular weight excluding hydrogens is 160 g/mol. The molecule has 0 unspecified atom stereocenters. The van der Waals surface area contributed by atoms with Gasteiger partial charge in [-0.1, -0.05) is 0 Å². The molecule has 5 heteroatoms. The van der Waals surface area contributed by atoms with E-state index in [9.17, 15) is 13.2 Å². The predicted molar refractivity (Wildman–Crippen MR) is 36.9 cm³/mol. The van der Waals surface area contributed by atoms with Crippen LogP contribution < -0.4 is 0 Å². The van der Waals surface area contributed by atoms with Gasteiger partial charge in [0.15, 0.2) is 17.4 Å². The standard InChI is InChI=1S/C5H9F3O.Al.3H/c6-5(7,8)3-1-2-4-9;;;;/h9H,1-4H2;;;;. The molecule has 10 heavy (non-hydrogen) atoms.